The van der Waals surface area contributed by atoms with Crippen molar-refractivity contribution in [1.82, 2.24) is 51.5 Å². The minimum Gasteiger partial charge on any atom is -0.316 e. The summed E-state index contributed by atoms with van der Waals surface area (Å²) in [4.78, 5) is 20.9. The molecule has 5 atom stereocenters. The van der Waals surface area contributed by atoms with E-state index in [0.29, 0.717) is 27.4 Å². The van der Waals surface area contributed by atoms with Gasteiger partial charge < -0.3 is 26.6 Å². The molecule has 0 aromatic carbocycles. The lowest BCUT2D eigenvalue weighted by atomic mass is 9.80. The van der Waals surface area contributed by atoms with Gasteiger partial charge in [-0.3, -0.25) is 24.9 Å². The smallest absolute Gasteiger partial charge is 0.0342 e. The van der Waals surface area contributed by atoms with Crippen LogP contribution in [0.3, 0.4) is 0 Å². The number of pyridine rings is 5. The Hall–Kier alpha value is -5.49. The number of aromatic nitrogens is 5. The molecule has 0 amide bonds. The number of allylic oxidation sites excluding steroid dienone is 3. The number of hydrogen-bond acceptors (Lipinski definition) is 10. The fourth-order valence-electron chi connectivity index (χ4n) is 13.6. The summed E-state index contributed by atoms with van der Waals surface area (Å²) in [5.74, 6) is 0.740. The molecule has 5 spiro atoms. The van der Waals surface area contributed by atoms with E-state index in [9.17, 15) is 0 Å². The predicted molar refractivity (Wildman–Crippen MR) is 354 cm³/mol. The normalized spacial score (nSPS) is 26.5. The van der Waals surface area contributed by atoms with Gasteiger partial charge in [-0.05, 0) is 216 Å². The van der Waals surface area contributed by atoms with Crippen molar-refractivity contribution in [3.63, 3.8) is 0 Å². The standard InChI is InChI=1S/C14H18N2.2C13H16N2.C12H14N2.C11H14N2.5C2H6/c1-3-13(11-15-9-1)12-4-7-14(8-5-12)6-2-10-16-14;1-3-12(10-14-7-1)11-4-6-13(9-11)5-2-8-15-13;1-2-12(9-14-6-1)11-3-4-13(8-11)5-7-15-10-13;1-2-11(7-13-5-1)10-3-4-12(6-10)8-14-9-12;1-3-9(8-12-5-1)10-7-11(10)4-2-6-13-11;5*1-2/h1,3-4,9,11,16H,2,5-8,10H2;1,3-4,7,10,15H,2,5-6,8-9H2;1-2,6,8-9,15H,3-5,7,10H2;1-2,5-7,14H,3-4,8-9H2;1,3,5,8,10,13H,2,4,6-7H2;5*1-2H3. The quantitative estimate of drug-likeness (QED) is 0.116. The van der Waals surface area contributed by atoms with E-state index in [-0.39, 0.29) is 0 Å². The molecule has 83 heavy (non-hydrogen) atoms. The maximum absolute atomic E-state index is 4.19. The Labute approximate surface area is 503 Å². The molecule has 10 heterocycles. The van der Waals surface area contributed by atoms with Crippen molar-refractivity contribution in [3.8, 4) is 0 Å². The molecule has 0 radical (unpaired) electrons. The minimum absolute atomic E-state index is 0.394. The molecule has 10 nitrogen and oxygen atoms in total. The van der Waals surface area contributed by atoms with Crippen molar-refractivity contribution >= 4 is 22.3 Å². The number of hydrogen-bond donors (Lipinski definition) is 5. The molecule has 5 aliphatic carbocycles. The Kier molecular flexibility index (Phi) is 27.7. The summed E-state index contributed by atoms with van der Waals surface area (Å²) in [6.07, 6.45) is 50.6. The molecule has 5 N–H and O–H groups in total. The minimum atomic E-state index is 0.394. The molecule has 15 rings (SSSR count). The fraction of sp³-hybridized carbons (Fsp3) is 0.548. The second kappa shape index (κ2) is 34.5. The van der Waals surface area contributed by atoms with Gasteiger partial charge >= 0.3 is 0 Å². The van der Waals surface area contributed by atoms with E-state index in [1.807, 2.05) is 162 Å². The van der Waals surface area contributed by atoms with Crippen molar-refractivity contribution in [2.24, 2.45) is 10.8 Å². The van der Waals surface area contributed by atoms with Crippen LogP contribution in [0.2, 0.25) is 0 Å². The van der Waals surface area contributed by atoms with Crippen molar-refractivity contribution in [2.75, 3.05) is 45.8 Å². The number of nitrogens with zero attached hydrogens (tertiary/aromatic N) is 5. The van der Waals surface area contributed by atoms with Crippen LogP contribution in [-0.2, 0) is 0 Å². The van der Waals surface area contributed by atoms with E-state index >= 15 is 0 Å². The summed E-state index contributed by atoms with van der Waals surface area (Å²) in [5, 5.41) is 17.8. The van der Waals surface area contributed by atoms with Gasteiger partial charge in [-0.2, -0.15) is 0 Å². The third-order valence-electron chi connectivity index (χ3n) is 18.1. The highest BCUT2D eigenvalue weighted by Crippen LogP contribution is 2.56. The molecule has 450 valence electrons. The lowest BCUT2D eigenvalue weighted by Gasteiger charge is -2.37. The van der Waals surface area contributed by atoms with E-state index in [0.717, 1.165) is 25.6 Å². The van der Waals surface area contributed by atoms with Gasteiger partial charge in [0.25, 0.3) is 0 Å². The van der Waals surface area contributed by atoms with E-state index in [1.54, 1.807) is 0 Å². The second-order valence-corrected chi connectivity index (χ2v) is 23.0. The maximum atomic E-state index is 4.19. The SMILES string of the molecule is C1=C(c2cccnc2)CC2(C1)CCCN2.C1=C(c2cccnc2)CCC12CCNC2.C1=C(c2cccnc2)CCC12CNC2.C1=C(c2cccnc2)CCC2(C1)CCCN2.CC.CC.CC.CC.CC.c1cncc(C2CC23CCCN3)c1. The zero-order valence-corrected chi connectivity index (χ0v) is 53.1. The first-order valence-corrected chi connectivity index (χ1v) is 32.9. The summed E-state index contributed by atoms with van der Waals surface area (Å²) in [7, 11) is 0. The molecule has 5 unspecified atom stereocenters. The molecule has 0 bridgehead atoms. The van der Waals surface area contributed by atoms with Crippen LogP contribution in [-0.4, -0.2) is 87.3 Å². The summed E-state index contributed by atoms with van der Waals surface area (Å²) in [5.41, 5.74) is 14.8. The highest BCUT2D eigenvalue weighted by atomic mass is 15.1. The van der Waals surface area contributed by atoms with Crippen LogP contribution in [0.15, 0.2) is 147 Å². The monoisotopic (exact) mass is 1120 g/mol. The van der Waals surface area contributed by atoms with Crippen molar-refractivity contribution in [1.29, 1.82) is 0 Å². The van der Waals surface area contributed by atoms with Gasteiger partial charge in [-0.1, -0.05) is 124 Å². The summed E-state index contributed by atoms with van der Waals surface area (Å²) < 4.78 is 0. The Balaban J connectivity index is 0.000000160. The van der Waals surface area contributed by atoms with E-state index in [4.69, 9.17) is 0 Å². The lowest BCUT2D eigenvalue weighted by molar-refractivity contribution is 0.236. The zero-order valence-electron chi connectivity index (χ0n) is 53.1. The van der Waals surface area contributed by atoms with Crippen LogP contribution >= 0.6 is 0 Å². The summed E-state index contributed by atoms with van der Waals surface area (Å²) in [6, 6.07) is 21.0. The van der Waals surface area contributed by atoms with Gasteiger partial charge in [0.05, 0.1) is 0 Å². The molecule has 5 aromatic heterocycles. The molecular formula is C73H108N10. The van der Waals surface area contributed by atoms with Gasteiger partial charge in [-0.15, -0.1) is 0 Å². The van der Waals surface area contributed by atoms with Crippen molar-refractivity contribution in [2.45, 2.75) is 201 Å². The molecule has 1 saturated carbocycles. The first kappa shape index (κ1) is 66.6. The average Bonchev–Trinajstić information content (AvgIpc) is 3.08. The average molecular weight is 1130 g/mol. The van der Waals surface area contributed by atoms with Gasteiger partial charge in [-0.25, -0.2) is 0 Å². The first-order valence-electron chi connectivity index (χ1n) is 32.9. The molecule has 10 heteroatoms. The van der Waals surface area contributed by atoms with Gasteiger partial charge in [0, 0.05) is 115 Å². The zero-order chi connectivity index (χ0) is 59.3. The third-order valence-corrected chi connectivity index (χ3v) is 18.1. The molecular weight excluding hydrogens is 1020 g/mol. The predicted octanol–water partition coefficient (Wildman–Crippen LogP) is 16.1. The van der Waals surface area contributed by atoms with Crippen LogP contribution in [0, 0.1) is 10.8 Å². The topological polar surface area (TPSA) is 125 Å². The molecule has 5 aliphatic heterocycles. The van der Waals surface area contributed by atoms with Crippen LogP contribution < -0.4 is 26.6 Å². The van der Waals surface area contributed by atoms with E-state index < -0.39 is 0 Å². The highest BCUT2D eigenvalue weighted by Gasteiger charge is 2.55. The van der Waals surface area contributed by atoms with E-state index in [1.165, 1.54) is 185 Å². The molecule has 5 saturated heterocycles. The Morgan fingerprint density at radius 2 is 0.843 bits per heavy atom. The van der Waals surface area contributed by atoms with Crippen LogP contribution in [0.1, 0.15) is 212 Å². The summed E-state index contributed by atoms with van der Waals surface area (Å²) in [6.45, 7) is 28.3. The van der Waals surface area contributed by atoms with Crippen LogP contribution in [0.4, 0.5) is 0 Å². The molecule has 10 aliphatic rings. The largest absolute Gasteiger partial charge is 0.316 e. The van der Waals surface area contributed by atoms with Crippen molar-refractivity contribution < 1.29 is 0 Å². The second-order valence-electron chi connectivity index (χ2n) is 23.0. The summed E-state index contributed by atoms with van der Waals surface area (Å²) >= 11 is 0. The van der Waals surface area contributed by atoms with E-state index in [2.05, 4.69) is 106 Å². The Morgan fingerprint density at radius 1 is 0.398 bits per heavy atom. The first-order chi connectivity index (χ1) is 40.9. The van der Waals surface area contributed by atoms with Crippen LogP contribution in [0.5, 0.6) is 0 Å². The van der Waals surface area contributed by atoms with Gasteiger partial charge in [0.2, 0.25) is 0 Å². The highest BCUT2D eigenvalue weighted by molar-refractivity contribution is 5.70. The van der Waals surface area contributed by atoms with Gasteiger partial charge in [0.15, 0.2) is 0 Å². The molecule has 5 aromatic rings. The maximum Gasteiger partial charge on any atom is 0.0342 e. The lowest BCUT2D eigenvalue weighted by Crippen LogP contribution is -2.50. The van der Waals surface area contributed by atoms with Crippen LogP contribution in [0.25, 0.3) is 22.3 Å². The van der Waals surface area contributed by atoms with Gasteiger partial charge in [0.1, 0.15) is 0 Å². The van der Waals surface area contributed by atoms with Crippen molar-refractivity contribution in [3.05, 3.63) is 175 Å². The molecule has 6 fully saturated rings. The Bertz CT molecular complexity index is 2680. The fourth-order valence-corrected chi connectivity index (χ4v) is 13.6. The Morgan fingerprint density at radius 3 is 1.27 bits per heavy atom. The third kappa shape index (κ3) is 18.3. The number of nitrogens with one attached hydrogen (secondary N) is 5. The number of rotatable bonds is 5.